The Kier molecular flexibility index (Phi) is 6.25. The number of carbonyl (C=O) groups is 1. The summed E-state index contributed by atoms with van der Waals surface area (Å²) in [5.41, 5.74) is -0.817. The minimum Gasteiger partial charge on any atom is -0.391 e. The molecule has 1 aliphatic carbocycles. The molecule has 0 radical (unpaired) electrons. The van der Waals surface area contributed by atoms with E-state index in [9.17, 15) is 9.90 Å². The van der Waals surface area contributed by atoms with E-state index in [0.29, 0.717) is 0 Å². The zero-order chi connectivity index (χ0) is 13.4. The summed E-state index contributed by atoms with van der Waals surface area (Å²) in [7, 11) is 0. The highest BCUT2D eigenvalue weighted by Gasteiger charge is 2.37. The third-order valence-corrected chi connectivity index (χ3v) is 2.91. The molecule has 1 aliphatic rings. The predicted octanol–water partition coefficient (Wildman–Crippen LogP) is 1.41. The first-order chi connectivity index (χ1) is 8.64. The first-order valence-electron chi connectivity index (χ1n) is 6.53. The molecule has 0 bridgehead atoms. The van der Waals surface area contributed by atoms with Crippen LogP contribution in [0.4, 0.5) is 0 Å². The van der Waals surface area contributed by atoms with Gasteiger partial charge in [0.05, 0.1) is 18.6 Å². The van der Waals surface area contributed by atoms with Gasteiger partial charge in [-0.1, -0.05) is 31.6 Å². The highest BCUT2D eigenvalue weighted by atomic mass is 16.5. The number of unbranched alkanes of at least 4 members (excludes halogenated alkanes) is 1. The molecule has 1 rings (SSSR count). The average molecular weight is 253 g/mol. The van der Waals surface area contributed by atoms with Crippen LogP contribution >= 0.6 is 0 Å². The van der Waals surface area contributed by atoms with Gasteiger partial charge < -0.3 is 14.6 Å². The van der Waals surface area contributed by atoms with Crippen LogP contribution in [0.15, 0.2) is 24.3 Å². The standard InChI is InChI=1S/C14H23NO3/c1-3-4-9-15-14(18-11-12(2)17)8-6-5-7-13(14)10-16/h5-8,10,12-13,15,17H,3-4,9,11H2,1-2H3. The third-order valence-electron chi connectivity index (χ3n) is 2.91. The van der Waals surface area contributed by atoms with Crippen molar-refractivity contribution in [2.45, 2.75) is 38.5 Å². The maximum atomic E-state index is 11.2. The van der Waals surface area contributed by atoms with Gasteiger partial charge in [0.25, 0.3) is 0 Å². The van der Waals surface area contributed by atoms with Crippen LogP contribution in [0.3, 0.4) is 0 Å². The fraction of sp³-hybridized carbons (Fsp3) is 0.643. The highest BCUT2D eigenvalue weighted by molar-refractivity contribution is 5.61. The molecule has 4 heteroatoms. The Balaban J connectivity index is 2.74. The summed E-state index contributed by atoms with van der Waals surface area (Å²) in [6.45, 7) is 4.75. The summed E-state index contributed by atoms with van der Waals surface area (Å²) in [6.07, 6.45) is 9.78. The minimum atomic E-state index is -0.817. The summed E-state index contributed by atoms with van der Waals surface area (Å²) >= 11 is 0. The molecule has 0 aromatic rings. The number of nitrogens with one attached hydrogen (secondary N) is 1. The molecule has 0 amide bonds. The van der Waals surface area contributed by atoms with Gasteiger partial charge in [-0.3, -0.25) is 5.32 Å². The second kappa shape index (κ2) is 7.46. The molecule has 0 aromatic heterocycles. The van der Waals surface area contributed by atoms with E-state index in [-0.39, 0.29) is 12.5 Å². The summed E-state index contributed by atoms with van der Waals surface area (Å²) < 4.78 is 5.75. The number of rotatable bonds is 8. The molecule has 0 saturated carbocycles. The van der Waals surface area contributed by atoms with Crippen LogP contribution in [0.25, 0.3) is 0 Å². The van der Waals surface area contributed by atoms with E-state index in [1.54, 1.807) is 6.92 Å². The van der Waals surface area contributed by atoms with Gasteiger partial charge in [-0.05, 0) is 26.0 Å². The van der Waals surface area contributed by atoms with Gasteiger partial charge >= 0.3 is 0 Å². The lowest BCUT2D eigenvalue weighted by Gasteiger charge is -2.37. The van der Waals surface area contributed by atoms with Crippen LogP contribution in [-0.2, 0) is 9.53 Å². The van der Waals surface area contributed by atoms with Crippen molar-refractivity contribution < 1.29 is 14.6 Å². The molecule has 0 aromatic carbocycles. The number of aliphatic hydroxyl groups excluding tert-OH is 1. The maximum Gasteiger partial charge on any atom is 0.151 e. The molecule has 4 nitrogen and oxygen atoms in total. The number of aldehydes is 1. The molecule has 0 fully saturated rings. The van der Waals surface area contributed by atoms with Crippen LogP contribution in [0.2, 0.25) is 0 Å². The van der Waals surface area contributed by atoms with Gasteiger partial charge in [0.2, 0.25) is 0 Å². The molecule has 3 unspecified atom stereocenters. The van der Waals surface area contributed by atoms with E-state index >= 15 is 0 Å². The van der Waals surface area contributed by atoms with Crippen LogP contribution < -0.4 is 5.32 Å². The quantitative estimate of drug-likeness (QED) is 0.390. The van der Waals surface area contributed by atoms with E-state index in [2.05, 4.69) is 12.2 Å². The highest BCUT2D eigenvalue weighted by Crippen LogP contribution is 2.25. The molecule has 2 N–H and O–H groups in total. The Morgan fingerprint density at radius 3 is 2.94 bits per heavy atom. The lowest BCUT2D eigenvalue weighted by Crippen LogP contribution is -2.54. The molecular formula is C14H23NO3. The first kappa shape index (κ1) is 15.1. The topological polar surface area (TPSA) is 58.6 Å². The van der Waals surface area contributed by atoms with Crippen molar-refractivity contribution in [1.82, 2.24) is 5.32 Å². The van der Waals surface area contributed by atoms with Gasteiger partial charge in [0.1, 0.15) is 6.29 Å². The first-order valence-corrected chi connectivity index (χ1v) is 6.53. The Morgan fingerprint density at radius 1 is 1.56 bits per heavy atom. The van der Waals surface area contributed by atoms with E-state index in [4.69, 9.17) is 4.74 Å². The number of carbonyl (C=O) groups excluding carboxylic acids is 1. The van der Waals surface area contributed by atoms with Crippen LogP contribution in [-0.4, -0.2) is 36.4 Å². The molecule has 102 valence electrons. The van der Waals surface area contributed by atoms with Gasteiger partial charge in [-0.2, -0.15) is 0 Å². The molecule has 0 saturated heterocycles. The number of allylic oxidation sites excluding steroid dienone is 2. The predicted molar refractivity (Wildman–Crippen MR) is 71.1 cm³/mol. The lowest BCUT2D eigenvalue weighted by atomic mass is 9.91. The Bertz CT molecular complexity index is 312. The summed E-state index contributed by atoms with van der Waals surface area (Å²) in [5.74, 6) is -0.363. The van der Waals surface area contributed by atoms with E-state index < -0.39 is 11.8 Å². The van der Waals surface area contributed by atoms with Crippen molar-refractivity contribution in [3.05, 3.63) is 24.3 Å². The van der Waals surface area contributed by atoms with Crippen molar-refractivity contribution >= 4 is 6.29 Å². The third kappa shape index (κ3) is 4.05. The van der Waals surface area contributed by atoms with Crippen LogP contribution in [0.5, 0.6) is 0 Å². The van der Waals surface area contributed by atoms with Crippen LogP contribution in [0.1, 0.15) is 26.7 Å². The molecule has 3 atom stereocenters. The van der Waals surface area contributed by atoms with Gasteiger partial charge in [0, 0.05) is 0 Å². The van der Waals surface area contributed by atoms with Crippen LogP contribution in [0, 0.1) is 5.92 Å². The fourth-order valence-electron chi connectivity index (χ4n) is 1.87. The Morgan fingerprint density at radius 2 is 2.33 bits per heavy atom. The summed E-state index contributed by atoms with van der Waals surface area (Å²) in [6, 6.07) is 0. The summed E-state index contributed by atoms with van der Waals surface area (Å²) in [4.78, 5) is 11.2. The van der Waals surface area contributed by atoms with Crippen molar-refractivity contribution in [2.24, 2.45) is 5.92 Å². The van der Waals surface area contributed by atoms with Crippen molar-refractivity contribution in [2.75, 3.05) is 13.2 Å². The largest absolute Gasteiger partial charge is 0.391 e. The summed E-state index contributed by atoms with van der Waals surface area (Å²) in [5, 5.41) is 12.6. The SMILES string of the molecule is CCCCNC1(OCC(C)O)C=CC=CC1C=O. The fourth-order valence-corrected chi connectivity index (χ4v) is 1.87. The second-order valence-electron chi connectivity index (χ2n) is 4.64. The Labute approximate surface area is 109 Å². The smallest absolute Gasteiger partial charge is 0.151 e. The Hall–Kier alpha value is -0.970. The number of hydrogen-bond acceptors (Lipinski definition) is 4. The minimum absolute atomic E-state index is 0.196. The number of ether oxygens (including phenoxy) is 1. The average Bonchev–Trinajstić information content (AvgIpc) is 2.37. The number of hydrogen-bond donors (Lipinski definition) is 2. The van der Waals surface area contributed by atoms with E-state index in [1.807, 2.05) is 24.3 Å². The molecular weight excluding hydrogens is 230 g/mol. The monoisotopic (exact) mass is 253 g/mol. The van der Waals surface area contributed by atoms with Gasteiger partial charge in [-0.15, -0.1) is 0 Å². The van der Waals surface area contributed by atoms with E-state index in [0.717, 1.165) is 25.7 Å². The lowest BCUT2D eigenvalue weighted by molar-refractivity contribution is -0.126. The van der Waals surface area contributed by atoms with Crippen molar-refractivity contribution in [3.8, 4) is 0 Å². The molecule has 0 spiro atoms. The zero-order valence-electron chi connectivity index (χ0n) is 11.1. The normalized spacial score (nSPS) is 28.3. The van der Waals surface area contributed by atoms with Crippen molar-refractivity contribution in [1.29, 1.82) is 0 Å². The van der Waals surface area contributed by atoms with Gasteiger partial charge in [-0.25, -0.2) is 0 Å². The molecule has 18 heavy (non-hydrogen) atoms. The maximum absolute atomic E-state index is 11.2. The zero-order valence-corrected chi connectivity index (χ0v) is 11.1. The van der Waals surface area contributed by atoms with Crippen molar-refractivity contribution in [3.63, 3.8) is 0 Å². The second-order valence-corrected chi connectivity index (χ2v) is 4.64. The molecule has 0 aliphatic heterocycles. The van der Waals surface area contributed by atoms with E-state index in [1.165, 1.54) is 0 Å². The molecule has 0 heterocycles. The van der Waals surface area contributed by atoms with Gasteiger partial charge in [0.15, 0.2) is 5.72 Å². The number of aliphatic hydroxyl groups is 1.